The zero-order chi connectivity index (χ0) is 17.1. The van der Waals surface area contributed by atoms with E-state index in [-0.39, 0.29) is 5.91 Å². The van der Waals surface area contributed by atoms with Gasteiger partial charge in [0.15, 0.2) is 5.17 Å². The molecule has 0 atom stereocenters. The van der Waals surface area contributed by atoms with Gasteiger partial charge in [0.1, 0.15) is 0 Å². The molecule has 1 heterocycles. The molecule has 3 nitrogen and oxygen atoms in total. The van der Waals surface area contributed by atoms with Crippen LogP contribution in [-0.4, -0.2) is 29.1 Å². The molecule has 2 aromatic rings. The summed E-state index contributed by atoms with van der Waals surface area (Å²) >= 11 is 19.8. The van der Waals surface area contributed by atoms with Crippen molar-refractivity contribution in [3.63, 3.8) is 0 Å². The number of hydrogen-bond donors (Lipinski definition) is 0. The molecule has 7 heteroatoms. The average molecular weight is 400 g/mol. The van der Waals surface area contributed by atoms with E-state index >= 15 is 0 Å². The number of amidine groups is 1. The van der Waals surface area contributed by atoms with E-state index in [1.807, 2.05) is 24.3 Å². The maximum absolute atomic E-state index is 12.8. The third kappa shape index (κ3) is 3.89. The van der Waals surface area contributed by atoms with Crippen molar-refractivity contribution in [2.45, 2.75) is 5.75 Å². The lowest BCUT2D eigenvalue weighted by atomic mass is 10.2. The topological polar surface area (TPSA) is 32.7 Å². The summed E-state index contributed by atoms with van der Waals surface area (Å²) in [6.45, 7) is 1.11. The summed E-state index contributed by atoms with van der Waals surface area (Å²) in [7, 11) is 0. The first-order valence-corrected chi connectivity index (χ1v) is 9.36. The second-order valence-corrected chi connectivity index (χ2v) is 7.32. The molecule has 0 N–H and O–H groups in total. The van der Waals surface area contributed by atoms with Gasteiger partial charge >= 0.3 is 0 Å². The molecule has 0 saturated carbocycles. The zero-order valence-corrected chi connectivity index (χ0v) is 15.6. The molecule has 24 heavy (non-hydrogen) atoms. The van der Waals surface area contributed by atoms with Gasteiger partial charge in [-0.05, 0) is 29.8 Å². The molecule has 1 aliphatic heterocycles. The van der Waals surface area contributed by atoms with Gasteiger partial charge in [-0.3, -0.25) is 14.7 Å². The second kappa shape index (κ2) is 7.79. The Morgan fingerprint density at radius 3 is 2.71 bits per heavy atom. The lowest BCUT2D eigenvalue weighted by Gasteiger charge is -2.19. The van der Waals surface area contributed by atoms with E-state index in [1.165, 1.54) is 11.8 Å². The van der Waals surface area contributed by atoms with Gasteiger partial charge in [0.25, 0.3) is 5.91 Å². The van der Waals surface area contributed by atoms with Gasteiger partial charge in [-0.25, -0.2) is 0 Å². The highest BCUT2D eigenvalue weighted by Gasteiger charge is 2.26. The van der Waals surface area contributed by atoms with Gasteiger partial charge in [0.2, 0.25) is 0 Å². The molecule has 124 valence electrons. The SMILES string of the molecule is O=C(c1cc(Cl)ccc1Cl)N1CCN=C1SCc1ccccc1Cl. The largest absolute Gasteiger partial charge is 0.286 e. The molecule has 0 bridgehead atoms. The number of amides is 1. The summed E-state index contributed by atoms with van der Waals surface area (Å²) in [5.74, 6) is 0.455. The summed E-state index contributed by atoms with van der Waals surface area (Å²) in [6.07, 6.45) is 0. The Morgan fingerprint density at radius 1 is 1.12 bits per heavy atom. The number of halogens is 3. The van der Waals surface area contributed by atoms with E-state index in [2.05, 4.69) is 4.99 Å². The standard InChI is InChI=1S/C17H13Cl3N2OS/c18-12-5-6-15(20)13(9-12)16(23)22-8-7-21-17(22)24-10-11-3-1-2-4-14(11)19/h1-6,9H,7-8,10H2. The van der Waals surface area contributed by atoms with Crippen LogP contribution in [0.15, 0.2) is 47.5 Å². The predicted octanol–water partition coefficient (Wildman–Crippen LogP) is 5.39. The van der Waals surface area contributed by atoms with Gasteiger partial charge in [0.05, 0.1) is 17.1 Å². The predicted molar refractivity (Wildman–Crippen MR) is 103 cm³/mol. The number of hydrogen-bond acceptors (Lipinski definition) is 3. The van der Waals surface area contributed by atoms with Crippen LogP contribution in [0.2, 0.25) is 15.1 Å². The number of nitrogens with zero attached hydrogens (tertiary/aromatic N) is 2. The number of carbonyl (C=O) groups is 1. The van der Waals surface area contributed by atoms with E-state index in [9.17, 15) is 4.79 Å². The van der Waals surface area contributed by atoms with Crippen molar-refractivity contribution in [1.29, 1.82) is 0 Å². The third-order valence-electron chi connectivity index (χ3n) is 3.52. The highest BCUT2D eigenvalue weighted by Crippen LogP contribution is 2.27. The van der Waals surface area contributed by atoms with Crippen molar-refractivity contribution in [3.05, 3.63) is 68.7 Å². The van der Waals surface area contributed by atoms with Gasteiger partial charge < -0.3 is 0 Å². The van der Waals surface area contributed by atoms with E-state index in [4.69, 9.17) is 34.8 Å². The monoisotopic (exact) mass is 398 g/mol. The van der Waals surface area contributed by atoms with Crippen LogP contribution < -0.4 is 0 Å². The van der Waals surface area contributed by atoms with Crippen LogP contribution in [-0.2, 0) is 5.75 Å². The van der Waals surface area contributed by atoms with E-state index < -0.39 is 0 Å². The van der Waals surface area contributed by atoms with Gasteiger partial charge in [0, 0.05) is 22.3 Å². The molecule has 0 spiro atoms. The first-order valence-electron chi connectivity index (χ1n) is 7.24. The Morgan fingerprint density at radius 2 is 1.92 bits per heavy atom. The molecule has 2 aromatic carbocycles. The summed E-state index contributed by atoms with van der Waals surface area (Å²) in [5, 5.41) is 2.24. The molecule has 0 radical (unpaired) electrons. The molecular formula is C17H13Cl3N2OS. The minimum absolute atomic E-state index is 0.189. The van der Waals surface area contributed by atoms with Crippen LogP contribution in [0.1, 0.15) is 15.9 Å². The molecule has 0 fully saturated rings. The fraction of sp³-hybridized carbons (Fsp3) is 0.176. The molecule has 1 amide bonds. The Labute approximate surface area is 159 Å². The highest BCUT2D eigenvalue weighted by atomic mass is 35.5. The number of carbonyl (C=O) groups excluding carboxylic acids is 1. The van der Waals surface area contributed by atoms with Crippen molar-refractivity contribution < 1.29 is 4.79 Å². The van der Waals surface area contributed by atoms with Crippen LogP contribution in [0, 0.1) is 0 Å². The molecule has 1 aliphatic rings. The van der Waals surface area contributed by atoms with Crippen molar-refractivity contribution in [2.75, 3.05) is 13.1 Å². The minimum Gasteiger partial charge on any atom is -0.286 e. The molecular weight excluding hydrogens is 387 g/mol. The zero-order valence-electron chi connectivity index (χ0n) is 12.5. The molecule has 3 rings (SSSR count). The van der Waals surface area contributed by atoms with Gasteiger partial charge in [-0.1, -0.05) is 64.8 Å². The Bertz CT molecular complexity index is 810. The minimum atomic E-state index is -0.189. The van der Waals surface area contributed by atoms with E-state index in [0.717, 1.165) is 5.56 Å². The lowest BCUT2D eigenvalue weighted by Crippen LogP contribution is -2.33. The fourth-order valence-electron chi connectivity index (χ4n) is 2.30. The maximum Gasteiger partial charge on any atom is 0.261 e. The van der Waals surface area contributed by atoms with Crippen molar-refractivity contribution >= 4 is 57.6 Å². The number of thioether (sulfide) groups is 1. The Kier molecular flexibility index (Phi) is 5.72. The second-order valence-electron chi connectivity index (χ2n) is 5.13. The Balaban J connectivity index is 1.74. The smallest absolute Gasteiger partial charge is 0.261 e. The van der Waals surface area contributed by atoms with Crippen LogP contribution >= 0.6 is 46.6 Å². The lowest BCUT2D eigenvalue weighted by molar-refractivity contribution is 0.0861. The molecule has 0 unspecified atom stereocenters. The van der Waals surface area contributed by atoms with Gasteiger partial charge in [-0.15, -0.1) is 0 Å². The van der Waals surface area contributed by atoms with E-state index in [1.54, 1.807) is 23.1 Å². The van der Waals surface area contributed by atoms with Crippen molar-refractivity contribution in [3.8, 4) is 0 Å². The average Bonchev–Trinajstić information content (AvgIpc) is 3.04. The number of aliphatic imine (C=N–C) groups is 1. The molecule has 0 aromatic heterocycles. The summed E-state index contributed by atoms with van der Waals surface area (Å²) in [6, 6.07) is 12.5. The van der Waals surface area contributed by atoms with Crippen molar-refractivity contribution in [2.24, 2.45) is 4.99 Å². The van der Waals surface area contributed by atoms with Crippen molar-refractivity contribution in [1.82, 2.24) is 4.90 Å². The normalized spacial score (nSPS) is 14.0. The number of rotatable bonds is 3. The molecule has 0 aliphatic carbocycles. The van der Waals surface area contributed by atoms with Crippen LogP contribution in [0.3, 0.4) is 0 Å². The van der Waals surface area contributed by atoms with Crippen LogP contribution in [0.25, 0.3) is 0 Å². The Hall–Kier alpha value is -1.20. The first kappa shape index (κ1) is 17.6. The van der Waals surface area contributed by atoms with Crippen LogP contribution in [0.4, 0.5) is 0 Å². The quantitative estimate of drug-likeness (QED) is 0.693. The van der Waals surface area contributed by atoms with Crippen LogP contribution in [0.5, 0.6) is 0 Å². The summed E-state index contributed by atoms with van der Waals surface area (Å²) in [4.78, 5) is 18.8. The summed E-state index contributed by atoms with van der Waals surface area (Å²) < 4.78 is 0. The fourth-order valence-corrected chi connectivity index (χ4v) is 4.00. The maximum atomic E-state index is 12.8. The molecule has 0 saturated heterocycles. The van der Waals surface area contributed by atoms with E-state index in [0.29, 0.717) is 44.6 Å². The van der Waals surface area contributed by atoms with Gasteiger partial charge in [-0.2, -0.15) is 0 Å². The first-order chi connectivity index (χ1) is 11.6. The third-order valence-corrected chi connectivity index (χ3v) is 5.52. The number of benzene rings is 2. The summed E-state index contributed by atoms with van der Waals surface area (Å²) in [5.41, 5.74) is 1.39. The highest BCUT2D eigenvalue weighted by molar-refractivity contribution is 8.13.